The number of amides is 1. The summed E-state index contributed by atoms with van der Waals surface area (Å²) >= 11 is 0. The number of methoxy groups -OCH3 is 1. The minimum atomic E-state index is -0.414. The average molecular weight is 390 g/mol. The highest BCUT2D eigenvalue weighted by Crippen LogP contribution is 2.40. The van der Waals surface area contributed by atoms with Gasteiger partial charge in [-0.2, -0.15) is 0 Å². The first-order valence-electron chi connectivity index (χ1n) is 9.47. The van der Waals surface area contributed by atoms with Crippen molar-refractivity contribution < 1.29 is 14.3 Å². The number of carbonyl (C=O) groups excluding carboxylic acids is 2. The predicted molar refractivity (Wildman–Crippen MR) is 109 cm³/mol. The average Bonchev–Trinajstić information content (AvgIpc) is 3.22. The number of carbonyl (C=O) groups is 2. The number of ether oxygens (including phenoxy) is 1. The molecule has 1 aliphatic heterocycles. The van der Waals surface area contributed by atoms with Crippen LogP contribution in [0.4, 0.5) is 5.69 Å². The first-order chi connectivity index (χ1) is 14.0. The molecule has 0 aliphatic carbocycles. The molecular weight excluding hydrogens is 368 g/mol. The van der Waals surface area contributed by atoms with Crippen LogP contribution >= 0.6 is 0 Å². The molecule has 4 rings (SSSR count). The van der Waals surface area contributed by atoms with Gasteiger partial charge >= 0.3 is 5.97 Å². The van der Waals surface area contributed by atoms with Gasteiger partial charge in [-0.3, -0.25) is 4.79 Å². The Kier molecular flexibility index (Phi) is 4.88. The van der Waals surface area contributed by atoms with Gasteiger partial charge in [-0.05, 0) is 18.2 Å². The lowest BCUT2D eigenvalue weighted by Gasteiger charge is -2.38. The van der Waals surface area contributed by atoms with Crippen LogP contribution in [0.2, 0.25) is 0 Å². The molecule has 0 radical (unpaired) electrons. The van der Waals surface area contributed by atoms with Crippen LogP contribution in [0, 0.1) is 5.92 Å². The molecule has 0 fully saturated rings. The summed E-state index contributed by atoms with van der Waals surface area (Å²) in [5, 5.41) is 8.71. The van der Waals surface area contributed by atoms with Crippen LogP contribution in [-0.2, 0) is 9.53 Å². The Morgan fingerprint density at radius 2 is 1.90 bits per heavy atom. The monoisotopic (exact) mass is 390 g/mol. The molecule has 29 heavy (non-hydrogen) atoms. The number of hydrogen-bond acceptors (Lipinski definition) is 5. The van der Waals surface area contributed by atoms with Crippen LogP contribution in [0.15, 0.2) is 54.7 Å². The Bertz CT molecular complexity index is 1060. The van der Waals surface area contributed by atoms with Crippen molar-refractivity contribution in [3.63, 3.8) is 0 Å². The van der Waals surface area contributed by atoms with Crippen LogP contribution < -0.4 is 4.90 Å². The molecule has 7 heteroatoms. The van der Waals surface area contributed by atoms with E-state index in [0.29, 0.717) is 12.1 Å². The number of rotatable bonds is 3. The number of fused-ring (bicyclic) bond motifs is 1. The van der Waals surface area contributed by atoms with Crippen molar-refractivity contribution in [1.29, 1.82) is 0 Å². The summed E-state index contributed by atoms with van der Waals surface area (Å²) in [6.45, 7) is 4.18. The standard InChI is InChI=1S/C22H22N4O3/c1-14-12-25(15(2)27)20-10-9-17(22(28)29-3)11-18(20)21(14)26-13-19(23-24-26)16-7-5-4-6-8-16/h4-11,13-14,21H,12H2,1-3H3/t14-,21?/m1/s1. The third kappa shape index (κ3) is 3.40. The lowest BCUT2D eigenvalue weighted by atomic mass is 9.87. The van der Waals surface area contributed by atoms with Crippen molar-refractivity contribution in [3.05, 3.63) is 65.9 Å². The van der Waals surface area contributed by atoms with Crippen LogP contribution in [0.25, 0.3) is 11.3 Å². The van der Waals surface area contributed by atoms with E-state index in [1.54, 1.807) is 30.0 Å². The van der Waals surface area contributed by atoms with Gasteiger partial charge in [-0.1, -0.05) is 42.5 Å². The molecule has 1 amide bonds. The maximum Gasteiger partial charge on any atom is 0.337 e. The van der Waals surface area contributed by atoms with Crippen LogP contribution in [-0.4, -0.2) is 40.5 Å². The van der Waals surface area contributed by atoms with Gasteiger partial charge in [0.1, 0.15) is 5.69 Å². The van der Waals surface area contributed by atoms with E-state index < -0.39 is 5.97 Å². The molecule has 7 nitrogen and oxygen atoms in total. The van der Waals surface area contributed by atoms with Crippen molar-refractivity contribution in [2.45, 2.75) is 19.9 Å². The van der Waals surface area contributed by atoms with Crippen molar-refractivity contribution in [2.24, 2.45) is 5.92 Å². The summed E-state index contributed by atoms with van der Waals surface area (Å²) < 4.78 is 6.70. The van der Waals surface area contributed by atoms with E-state index in [1.807, 2.05) is 41.2 Å². The zero-order chi connectivity index (χ0) is 20.5. The zero-order valence-corrected chi connectivity index (χ0v) is 16.6. The Hall–Kier alpha value is -3.48. The summed E-state index contributed by atoms with van der Waals surface area (Å²) in [7, 11) is 1.35. The second kappa shape index (κ2) is 7.50. The highest BCUT2D eigenvalue weighted by Gasteiger charge is 2.35. The lowest BCUT2D eigenvalue weighted by Crippen LogP contribution is -2.41. The molecular formula is C22H22N4O3. The smallest absolute Gasteiger partial charge is 0.337 e. The maximum atomic E-state index is 12.2. The fourth-order valence-electron chi connectivity index (χ4n) is 3.93. The zero-order valence-electron chi connectivity index (χ0n) is 16.6. The van der Waals surface area contributed by atoms with Gasteiger partial charge < -0.3 is 9.64 Å². The first-order valence-corrected chi connectivity index (χ1v) is 9.47. The highest BCUT2D eigenvalue weighted by molar-refractivity contribution is 5.95. The molecule has 1 aromatic heterocycles. The molecule has 148 valence electrons. The normalized spacial score (nSPS) is 18.2. The molecule has 2 atom stereocenters. The van der Waals surface area contributed by atoms with Gasteiger partial charge in [0, 0.05) is 36.2 Å². The van der Waals surface area contributed by atoms with E-state index in [-0.39, 0.29) is 17.9 Å². The Morgan fingerprint density at radius 3 is 2.59 bits per heavy atom. The van der Waals surface area contributed by atoms with Crippen molar-refractivity contribution >= 4 is 17.6 Å². The Balaban J connectivity index is 1.81. The minimum Gasteiger partial charge on any atom is -0.465 e. The molecule has 1 aliphatic rings. The number of hydrogen-bond donors (Lipinski definition) is 0. The summed E-state index contributed by atoms with van der Waals surface area (Å²) in [4.78, 5) is 26.0. The topological polar surface area (TPSA) is 77.3 Å². The maximum absolute atomic E-state index is 12.2. The minimum absolute atomic E-state index is 0.0362. The van der Waals surface area contributed by atoms with Gasteiger partial charge in [0.25, 0.3) is 0 Å². The highest BCUT2D eigenvalue weighted by atomic mass is 16.5. The fraction of sp³-hybridized carbons (Fsp3) is 0.273. The molecule has 0 saturated carbocycles. The molecule has 0 saturated heterocycles. The van der Waals surface area contributed by atoms with Gasteiger partial charge in [0.05, 0.1) is 24.9 Å². The fourth-order valence-corrected chi connectivity index (χ4v) is 3.93. The molecule has 2 heterocycles. The summed E-state index contributed by atoms with van der Waals surface area (Å²) in [5.41, 5.74) is 3.84. The van der Waals surface area contributed by atoms with E-state index in [0.717, 1.165) is 22.5 Å². The molecule has 0 N–H and O–H groups in total. The third-order valence-electron chi connectivity index (χ3n) is 5.31. The van der Waals surface area contributed by atoms with Gasteiger partial charge in [-0.25, -0.2) is 9.48 Å². The quantitative estimate of drug-likeness (QED) is 0.641. The first kappa shape index (κ1) is 18.9. The number of esters is 1. The second-order valence-corrected chi connectivity index (χ2v) is 7.27. The van der Waals surface area contributed by atoms with Crippen molar-refractivity contribution in [3.8, 4) is 11.3 Å². The van der Waals surface area contributed by atoms with Crippen LogP contribution in [0.1, 0.15) is 35.8 Å². The Labute approximate surface area is 168 Å². The largest absolute Gasteiger partial charge is 0.465 e. The molecule has 1 unspecified atom stereocenters. The SMILES string of the molecule is COC(=O)c1ccc2c(c1)C(n1cc(-c3ccccc3)nn1)[C@H](C)CN2C(C)=O. The summed E-state index contributed by atoms with van der Waals surface area (Å²) in [6.07, 6.45) is 1.91. The summed E-state index contributed by atoms with van der Waals surface area (Å²) in [5.74, 6) is -0.377. The van der Waals surface area contributed by atoms with E-state index in [4.69, 9.17) is 4.74 Å². The Morgan fingerprint density at radius 1 is 1.14 bits per heavy atom. The lowest BCUT2D eigenvalue weighted by molar-refractivity contribution is -0.116. The van der Waals surface area contributed by atoms with Crippen LogP contribution in [0.3, 0.4) is 0 Å². The predicted octanol–water partition coefficient (Wildman–Crippen LogP) is 3.32. The van der Waals surface area contributed by atoms with Gasteiger partial charge in [-0.15, -0.1) is 5.10 Å². The number of benzene rings is 2. The summed E-state index contributed by atoms with van der Waals surface area (Å²) in [6, 6.07) is 15.0. The molecule has 3 aromatic rings. The number of nitrogens with zero attached hydrogens (tertiary/aromatic N) is 4. The van der Waals surface area contributed by atoms with E-state index >= 15 is 0 Å². The molecule has 2 aromatic carbocycles. The van der Waals surface area contributed by atoms with Crippen LogP contribution in [0.5, 0.6) is 0 Å². The molecule has 0 bridgehead atoms. The van der Waals surface area contributed by atoms with Crippen molar-refractivity contribution in [1.82, 2.24) is 15.0 Å². The van der Waals surface area contributed by atoms with E-state index in [1.165, 1.54) is 7.11 Å². The second-order valence-electron chi connectivity index (χ2n) is 7.27. The third-order valence-corrected chi connectivity index (χ3v) is 5.31. The van der Waals surface area contributed by atoms with Gasteiger partial charge in [0.2, 0.25) is 5.91 Å². The van der Waals surface area contributed by atoms with E-state index in [2.05, 4.69) is 17.2 Å². The van der Waals surface area contributed by atoms with Gasteiger partial charge in [0.15, 0.2) is 0 Å². The number of anilines is 1. The van der Waals surface area contributed by atoms with Crippen molar-refractivity contribution in [2.75, 3.05) is 18.6 Å². The molecule has 0 spiro atoms. The number of aromatic nitrogens is 3. The van der Waals surface area contributed by atoms with E-state index in [9.17, 15) is 9.59 Å².